The topological polar surface area (TPSA) is 83.8 Å². The van der Waals surface area contributed by atoms with E-state index in [9.17, 15) is 19.8 Å². The van der Waals surface area contributed by atoms with Crippen LogP contribution in [0.25, 0.3) is 0 Å². The van der Waals surface area contributed by atoms with Crippen LogP contribution < -0.4 is 0 Å². The molecule has 0 aromatic rings. The summed E-state index contributed by atoms with van der Waals surface area (Å²) >= 11 is 0. The third-order valence-electron chi connectivity index (χ3n) is 9.50. The lowest BCUT2D eigenvalue weighted by Crippen LogP contribution is -2.67. The van der Waals surface area contributed by atoms with E-state index < -0.39 is 34.1 Å². The van der Waals surface area contributed by atoms with Crippen LogP contribution in [0.2, 0.25) is 0 Å². The first-order valence-corrected chi connectivity index (χ1v) is 9.82. The summed E-state index contributed by atoms with van der Waals surface area (Å²) in [6.45, 7) is 3.69. The Hall–Kier alpha value is -0.940. The van der Waals surface area contributed by atoms with E-state index in [1.165, 1.54) is 0 Å². The van der Waals surface area contributed by atoms with Crippen LogP contribution in [-0.4, -0.2) is 39.8 Å². The van der Waals surface area contributed by atoms with E-state index in [0.29, 0.717) is 19.3 Å². The minimum absolute atomic E-state index is 0.0849. The van der Waals surface area contributed by atoms with Crippen molar-refractivity contribution in [3.05, 3.63) is 0 Å². The van der Waals surface area contributed by atoms with Gasteiger partial charge in [-0.15, -0.1) is 0 Å². The van der Waals surface area contributed by atoms with Gasteiger partial charge in [0.05, 0.1) is 12.0 Å². The fourth-order valence-corrected chi connectivity index (χ4v) is 8.06. The summed E-state index contributed by atoms with van der Waals surface area (Å²) in [6.07, 6.45) is 6.28. The average molecular weight is 348 g/mol. The lowest BCUT2D eigenvalue weighted by atomic mass is 9.39. The lowest BCUT2D eigenvalue weighted by molar-refractivity contribution is -0.221. The molecular weight excluding hydrogens is 320 g/mol. The van der Waals surface area contributed by atoms with E-state index in [2.05, 4.69) is 13.8 Å². The van der Waals surface area contributed by atoms with Gasteiger partial charge in [-0.25, -0.2) is 0 Å². The standard InChI is InChI=1S/C20H28O5/c1-16-6-3-7-20(25-15(16)23)13(16)5-9-18-10-12(4-8-17(18,20)2)19(24,11-21)14(18)22/h12-13,21,24H,3-11H2,1-2H3/t12-,13-,16-,17+,18+,19+,20+/m1/s1. The molecule has 5 aliphatic rings. The van der Waals surface area contributed by atoms with E-state index in [0.717, 1.165) is 32.1 Å². The molecule has 0 radical (unpaired) electrons. The minimum Gasteiger partial charge on any atom is -0.458 e. The molecule has 0 unspecified atom stereocenters. The third kappa shape index (κ3) is 1.38. The molecule has 5 heteroatoms. The first-order chi connectivity index (χ1) is 11.7. The molecule has 2 N–H and O–H groups in total. The molecule has 0 aromatic heterocycles. The van der Waals surface area contributed by atoms with Crippen LogP contribution in [0.5, 0.6) is 0 Å². The van der Waals surface area contributed by atoms with Gasteiger partial charge in [0.1, 0.15) is 11.2 Å². The number of rotatable bonds is 1. The van der Waals surface area contributed by atoms with Gasteiger partial charge in [-0.2, -0.15) is 0 Å². The summed E-state index contributed by atoms with van der Waals surface area (Å²) in [5.74, 6) is -0.268. The number of aliphatic hydroxyl groups excluding tert-OH is 1. The van der Waals surface area contributed by atoms with Crippen molar-refractivity contribution in [2.75, 3.05) is 6.61 Å². The van der Waals surface area contributed by atoms with Gasteiger partial charge in [-0.05, 0) is 64.2 Å². The van der Waals surface area contributed by atoms with Crippen molar-refractivity contribution in [3.8, 4) is 0 Å². The zero-order valence-electron chi connectivity index (χ0n) is 15.1. The van der Waals surface area contributed by atoms with Crippen molar-refractivity contribution in [2.24, 2.45) is 28.1 Å². The Morgan fingerprint density at radius 1 is 1.12 bits per heavy atom. The molecule has 5 fully saturated rings. The summed E-state index contributed by atoms with van der Waals surface area (Å²) in [7, 11) is 0. The fraction of sp³-hybridized carbons (Fsp3) is 0.900. The van der Waals surface area contributed by atoms with E-state index in [4.69, 9.17) is 4.74 Å². The second-order valence-corrected chi connectivity index (χ2v) is 9.91. The molecule has 1 spiro atoms. The smallest absolute Gasteiger partial charge is 0.312 e. The number of hydrogen-bond acceptors (Lipinski definition) is 5. The van der Waals surface area contributed by atoms with E-state index in [-0.39, 0.29) is 23.6 Å². The molecule has 138 valence electrons. The number of carbonyl (C=O) groups excluding carboxylic acids is 2. The Bertz CT molecular complexity index is 690. The van der Waals surface area contributed by atoms with Gasteiger partial charge in [0.15, 0.2) is 5.78 Å². The predicted octanol–water partition coefficient (Wildman–Crippen LogP) is 1.98. The highest BCUT2D eigenvalue weighted by Crippen LogP contribution is 2.77. The van der Waals surface area contributed by atoms with Gasteiger partial charge >= 0.3 is 5.97 Å². The van der Waals surface area contributed by atoms with Crippen LogP contribution in [0.15, 0.2) is 0 Å². The van der Waals surface area contributed by atoms with Gasteiger partial charge in [-0.3, -0.25) is 9.59 Å². The fourth-order valence-electron chi connectivity index (χ4n) is 8.06. The molecule has 0 aromatic carbocycles. The zero-order valence-corrected chi connectivity index (χ0v) is 15.1. The summed E-state index contributed by atoms with van der Waals surface area (Å²) in [5, 5.41) is 20.7. The van der Waals surface area contributed by atoms with E-state index in [1.54, 1.807) is 0 Å². The average Bonchev–Trinajstić information content (AvgIpc) is 2.84. The van der Waals surface area contributed by atoms with Crippen LogP contribution in [0, 0.1) is 28.1 Å². The quantitative estimate of drug-likeness (QED) is 0.708. The first-order valence-electron chi connectivity index (χ1n) is 9.82. The summed E-state index contributed by atoms with van der Waals surface area (Å²) in [6, 6.07) is 0. The van der Waals surface area contributed by atoms with Gasteiger partial charge < -0.3 is 14.9 Å². The van der Waals surface area contributed by atoms with Gasteiger partial charge in [0.2, 0.25) is 0 Å². The van der Waals surface area contributed by atoms with Crippen LogP contribution in [-0.2, 0) is 14.3 Å². The summed E-state index contributed by atoms with van der Waals surface area (Å²) in [5.41, 5.74) is -3.70. The van der Waals surface area contributed by atoms with Crippen LogP contribution in [0.3, 0.4) is 0 Å². The largest absolute Gasteiger partial charge is 0.458 e. The molecule has 7 atom stereocenters. The molecule has 25 heavy (non-hydrogen) atoms. The zero-order chi connectivity index (χ0) is 17.9. The van der Waals surface area contributed by atoms with Crippen molar-refractivity contribution < 1.29 is 24.5 Å². The number of ether oxygens (including phenoxy) is 1. The second kappa shape index (κ2) is 4.30. The number of fused-ring (bicyclic) bond motifs is 1. The molecule has 5 rings (SSSR count). The molecule has 4 aliphatic carbocycles. The molecule has 1 heterocycles. The SMILES string of the molecule is C[C@]12CC[C@@H]3C[C@@]1(CC[C@@H]1[C@@]4(C)CCC[C@]12OC4=O)C(=O)[C@]3(O)CO. The molecule has 0 amide bonds. The van der Waals surface area contributed by atoms with Gasteiger partial charge in [0, 0.05) is 16.7 Å². The number of esters is 1. The second-order valence-electron chi connectivity index (χ2n) is 9.91. The molecule has 4 saturated carbocycles. The predicted molar refractivity (Wildman–Crippen MR) is 88.4 cm³/mol. The van der Waals surface area contributed by atoms with Crippen molar-refractivity contribution in [2.45, 2.75) is 76.4 Å². The highest BCUT2D eigenvalue weighted by Gasteiger charge is 2.81. The number of aliphatic hydroxyl groups is 2. The maximum atomic E-state index is 13.5. The maximum absolute atomic E-state index is 13.5. The number of Topliss-reactive ketones (excluding diaryl/α,β-unsaturated/α-hetero) is 1. The Labute approximate surface area is 148 Å². The van der Waals surface area contributed by atoms with Gasteiger partial charge in [0.25, 0.3) is 0 Å². The van der Waals surface area contributed by atoms with E-state index in [1.807, 2.05) is 0 Å². The Morgan fingerprint density at radius 2 is 1.88 bits per heavy atom. The lowest BCUT2D eigenvalue weighted by Gasteiger charge is -2.63. The van der Waals surface area contributed by atoms with Crippen molar-refractivity contribution in [1.29, 1.82) is 0 Å². The van der Waals surface area contributed by atoms with Crippen molar-refractivity contribution in [1.82, 2.24) is 0 Å². The normalized spacial score (nSPS) is 59.4. The molecule has 1 saturated heterocycles. The molecule has 1 aliphatic heterocycles. The van der Waals surface area contributed by atoms with Crippen LogP contribution in [0.4, 0.5) is 0 Å². The maximum Gasteiger partial charge on any atom is 0.312 e. The monoisotopic (exact) mass is 348 g/mol. The minimum atomic E-state index is -1.61. The summed E-state index contributed by atoms with van der Waals surface area (Å²) < 4.78 is 6.21. The highest BCUT2D eigenvalue weighted by molar-refractivity contribution is 5.97. The number of carbonyl (C=O) groups is 2. The molecular formula is C20H28O5. The van der Waals surface area contributed by atoms with Crippen molar-refractivity contribution in [3.63, 3.8) is 0 Å². The highest BCUT2D eigenvalue weighted by atomic mass is 16.6. The Balaban J connectivity index is 1.70. The third-order valence-corrected chi connectivity index (χ3v) is 9.50. The van der Waals surface area contributed by atoms with Crippen molar-refractivity contribution >= 4 is 11.8 Å². The van der Waals surface area contributed by atoms with Crippen LogP contribution in [0.1, 0.15) is 65.2 Å². The van der Waals surface area contributed by atoms with E-state index >= 15 is 0 Å². The summed E-state index contributed by atoms with van der Waals surface area (Å²) in [4.78, 5) is 26.3. The number of ketones is 1. The Morgan fingerprint density at radius 3 is 2.60 bits per heavy atom. The molecule has 4 bridgehead atoms. The van der Waals surface area contributed by atoms with Crippen LogP contribution >= 0.6 is 0 Å². The Kier molecular flexibility index (Phi) is 2.80. The number of hydrogen-bond donors (Lipinski definition) is 2. The first kappa shape index (κ1) is 16.2. The molecule has 5 nitrogen and oxygen atoms in total. The van der Waals surface area contributed by atoms with Gasteiger partial charge in [-0.1, -0.05) is 6.92 Å².